The Hall–Kier alpha value is -2.76. The fourth-order valence-corrected chi connectivity index (χ4v) is 2.49. The van der Waals surface area contributed by atoms with Crippen molar-refractivity contribution in [2.75, 3.05) is 7.11 Å². The summed E-state index contributed by atoms with van der Waals surface area (Å²) in [7, 11) is 1.58. The van der Waals surface area contributed by atoms with Crippen LogP contribution in [0.4, 0.5) is 4.79 Å². The van der Waals surface area contributed by atoms with Gasteiger partial charge in [-0.3, -0.25) is 0 Å². The first-order valence-corrected chi connectivity index (χ1v) is 7.97. The molecule has 2 aromatic carbocycles. The third-order valence-corrected chi connectivity index (χ3v) is 3.59. The predicted octanol–water partition coefficient (Wildman–Crippen LogP) is 3.37. The summed E-state index contributed by atoms with van der Waals surface area (Å²) in [5.41, 5.74) is 0.111. The molecule has 0 aromatic heterocycles. The fraction of sp³-hybridized carbons (Fsp3) is 0.368. The van der Waals surface area contributed by atoms with Crippen LogP contribution in [0.1, 0.15) is 26.3 Å². The zero-order valence-corrected chi connectivity index (χ0v) is 14.8. The van der Waals surface area contributed by atoms with Crippen molar-refractivity contribution >= 4 is 22.8 Å². The second kappa shape index (κ2) is 7.42. The van der Waals surface area contributed by atoms with Gasteiger partial charge in [0, 0.05) is 6.42 Å². The van der Waals surface area contributed by atoms with E-state index in [0.29, 0.717) is 5.75 Å². The lowest BCUT2D eigenvalue weighted by Gasteiger charge is -2.22. The first-order valence-electron chi connectivity index (χ1n) is 7.97. The Morgan fingerprint density at radius 3 is 2.52 bits per heavy atom. The first kappa shape index (κ1) is 18.6. The molecule has 0 aliphatic carbocycles. The summed E-state index contributed by atoms with van der Waals surface area (Å²) in [6.07, 6.45) is -0.614. The number of benzene rings is 2. The van der Waals surface area contributed by atoms with E-state index < -0.39 is 23.7 Å². The average Bonchev–Trinajstić information content (AvgIpc) is 2.52. The number of aliphatic carboxylic acids is 1. The molecule has 2 rings (SSSR count). The number of ether oxygens (including phenoxy) is 2. The maximum atomic E-state index is 11.9. The number of amides is 1. The molecule has 0 spiro atoms. The molecule has 1 atom stereocenters. The maximum Gasteiger partial charge on any atom is 0.408 e. The van der Waals surface area contributed by atoms with E-state index in [1.165, 1.54) is 0 Å². The average molecular weight is 345 g/mol. The fourth-order valence-electron chi connectivity index (χ4n) is 2.49. The summed E-state index contributed by atoms with van der Waals surface area (Å²) in [5, 5.41) is 13.7. The second-order valence-electron chi connectivity index (χ2n) is 6.75. The number of methoxy groups -OCH3 is 1. The molecular weight excluding hydrogens is 322 g/mol. The molecule has 0 aliphatic rings. The van der Waals surface area contributed by atoms with Gasteiger partial charge in [-0.25, -0.2) is 9.59 Å². The van der Waals surface area contributed by atoms with E-state index in [1.807, 2.05) is 36.4 Å². The van der Waals surface area contributed by atoms with Crippen molar-refractivity contribution in [3.8, 4) is 5.75 Å². The molecule has 1 amide bonds. The van der Waals surface area contributed by atoms with Crippen LogP contribution in [0.3, 0.4) is 0 Å². The van der Waals surface area contributed by atoms with Gasteiger partial charge in [0.1, 0.15) is 17.4 Å². The number of carboxylic acids is 1. The van der Waals surface area contributed by atoms with Crippen molar-refractivity contribution in [3.05, 3.63) is 42.0 Å². The Labute approximate surface area is 146 Å². The molecule has 6 nitrogen and oxygen atoms in total. The molecule has 2 N–H and O–H groups in total. The second-order valence-corrected chi connectivity index (χ2v) is 6.75. The number of fused-ring (bicyclic) bond motifs is 1. The molecule has 0 aliphatic heterocycles. The van der Waals surface area contributed by atoms with Crippen molar-refractivity contribution in [3.63, 3.8) is 0 Å². The Morgan fingerprint density at radius 2 is 1.92 bits per heavy atom. The highest BCUT2D eigenvalue weighted by atomic mass is 16.6. The predicted molar refractivity (Wildman–Crippen MR) is 95.0 cm³/mol. The Morgan fingerprint density at radius 1 is 1.20 bits per heavy atom. The van der Waals surface area contributed by atoms with Gasteiger partial charge in [0.25, 0.3) is 0 Å². The van der Waals surface area contributed by atoms with Crippen molar-refractivity contribution in [1.82, 2.24) is 5.32 Å². The maximum absolute atomic E-state index is 11.9. The van der Waals surface area contributed by atoms with E-state index in [0.717, 1.165) is 16.3 Å². The van der Waals surface area contributed by atoms with Gasteiger partial charge in [-0.1, -0.05) is 24.3 Å². The Kier molecular flexibility index (Phi) is 5.51. The van der Waals surface area contributed by atoms with Crippen LogP contribution in [0.5, 0.6) is 5.75 Å². The minimum Gasteiger partial charge on any atom is -0.497 e. The number of carbonyl (C=O) groups is 2. The van der Waals surface area contributed by atoms with Gasteiger partial charge in [0.15, 0.2) is 0 Å². The van der Waals surface area contributed by atoms with Crippen LogP contribution in [-0.2, 0) is 16.0 Å². The standard InChI is InChI=1S/C19H23NO5/c1-19(2,3)25-18(23)20-16(17(21)22)10-13-7-5-6-12-8-9-14(24-4)11-15(12)13/h5-9,11,16H,10H2,1-4H3,(H,20,23)(H,21,22)/t16-/m0/s1. The summed E-state index contributed by atoms with van der Waals surface area (Å²) < 4.78 is 10.4. The smallest absolute Gasteiger partial charge is 0.408 e. The van der Waals surface area contributed by atoms with Crippen LogP contribution in [0.2, 0.25) is 0 Å². The zero-order valence-electron chi connectivity index (χ0n) is 14.8. The third-order valence-electron chi connectivity index (χ3n) is 3.59. The molecule has 0 bridgehead atoms. The highest BCUT2D eigenvalue weighted by molar-refractivity contribution is 5.88. The molecule has 134 valence electrons. The number of carboxylic acid groups (broad SMARTS) is 1. The third kappa shape index (κ3) is 5.11. The van der Waals surface area contributed by atoms with Gasteiger partial charge in [-0.15, -0.1) is 0 Å². The van der Waals surface area contributed by atoms with Crippen LogP contribution in [0.15, 0.2) is 36.4 Å². The molecule has 6 heteroatoms. The number of carbonyl (C=O) groups excluding carboxylic acids is 1. The van der Waals surface area contributed by atoms with Gasteiger partial charge < -0.3 is 19.9 Å². The number of alkyl carbamates (subject to hydrolysis) is 1. The van der Waals surface area contributed by atoms with Gasteiger partial charge in [-0.2, -0.15) is 0 Å². The molecule has 0 saturated carbocycles. The number of rotatable bonds is 5. The largest absolute Gasteiger partial charge is 0.497 e. The van der Waals surface area contributed by atoms with Crippen LogP contribution < -0.4 is 10.1 Å². The Balaban J connectivity index is 2.26. The van der Waals surface area contributed by atoms with Gasteiger partial charge in [0.05, 0.1) is 7.11 Å². The van der Waals surface area contributed by atoms with E-state index in [4.69, 9.17) is 9.47 Å². The van der Waals surface area contributed by atoms with E-state index in [2.05, 4.69) is 5.32 Å². The molecule has 0 fully saturated rings. The summed E-state index contributed by atoms with van der Waals surface area (Å²) in [4.78, 5) is 23.5. The minimum atomic E-state index is -1.12. The summed E-state index contributed by atoms with van der Waals surface area (Å²) >= 11 is 0. The Bertz CT molecular complexity index is 779. The van der Waals surface area contributed by atoms with Gasteiger partial charge >= 0.3 is 12.1 Å². The van der Waals surface area contributed by atoms with E-state index in [1.54, 1.807) is 27.9 Å². The minimum absolute atomic E-state index is 0.138. The number of hydrogen-bond donors (Lipinski definition) is 2. The SMILES string of the molecule is COc1ccc2cccc(C[C@H](NC(=O)OC(C)(C)C)C(=O)O)c2c1. The lowest BCUT2D eigenvalue weighted by molar-refractivity contribution is -0.139. The summed E-state index contributed by atoms with van der Waals surface area (Å²) in [6, 6.07) is 10.2. The monoisotopic (exact) mass is 345 g/mol. The summed E-state index contributed by atoms with van der Waals surface area (Å²) in [5.74, 6) is -0.433. The van der Waals surface area contributed by atoms with Crippen molar-refractivity contribution < 1.29 is 24.2 Å². The van der Waals surface area contributed by atoms with E-state index in [-0.39, 0.29) is 6.42 Å². The topological polar surface area (TPSA) is 84.9 Å². The van der Waals surface area contributed by atoms with Crippen molar-refractivity contribution in [1.29, 1.82) is 0 Å². The molecule has 0 saturated heterocycles. The van der Waals surface area contributed by atoms with Gasteiger partial charge in [0.2, 0.25) is 0 Å². The lowest BCUT2D eigenvalue weighted by Crippen LogP contribution is -2.44. The molecule has 0 heterocycles. The normalized spacial score (nSPS) is 12.5. The van der Waals surface area contributed by atoms with Crippen LogP contribution in [-0.4, -0.2) is 35.9 Å². The lowest BCUT2D eigenvalue weighted by atomic mass is 9.98. The number of hydrogen-bond acceptors (Lipinski definition) is 4. The molecule has 2 aromatic rings. The van der Waals surface area contributed by atoms with Crippen LogP contribution in [0, 0.1) is 0 Å². The zero-order chi connectivity index (χ0) is 18.6. The quantitative estimate of drug-likeness (QED) is 0.868. The van der Waals surface area contributed by atoms with E-state index in [9.17, 15) is 14.7 Å². The van der Waals surface area contributed by atoms with E-state index >= 15 is 0 Å². The van der Waals surface area contributed by atoms with Crippen LogP contribution >= 0.6 is 0 Å². The van der Waals surface area contributed by atoms with Gasteiger partial charge in [-0.05, 0) is 49.2 Å². The highest BCUT2D eigenvalue weighted by Gasteiger charge is 2.24. The number of nitrogens with one attached hydrogen (secondary N) is 1. The first-order chi connectivity index (χ1) is 11.7. The van der Waals surface area contributed by atoms with Crippen molar-refractivity contribution in [2.45, 2.75) is 38.8 Å². The van der Waals surface area contributed by atoms with Crippen LogP contribution in [0.25, 0.3) is 10.8 Å². The summed E-state index contributed by atoms with van der Waals surface area (Å²) in [6.45, 7) is 5.16. The highest BCUT2D eigenvalue weighted by Crippen LogP contribution is 2.25. The molecular formula is C19H23NO5. The molecule has 0 radical (unpaired) electrons. The molecule has 25 heavy (non-hydrogen) atoms. The molecule has 0 unspecified atom stereocenters. The van der Waals surface area contributed by atoms with Crippen molar-refractivity contribution in [2.24, 2.45) is 0 Å².